The van der Waals surface area contributed by atoms with Gasteiger partial charge in [-0.2, -0.15) is 8.42 Å². The van der Waals surface area contributed by atoms with E-state index in [1.807, 2.05) is 0 Å². The minimum Gasteiger partial charge on any atom is -0.378 e. The van der Waals surface area contributed by atoms with E-state index in [1.165, 1.54) is 0 Å². The predicted molar refractivity (Wildman–Crippen MR) is 18.6 cm³/mol. The maximum absolute atomic E-state index is 9.31. The molecule has 0 fully saturated rings. The first kappa shape index (κ1) is 10.5. The van der Waals surface area contributed by atoms with E-state index >= 15 is 0 Å². The zero-order valence-corrected chi connectivity index (χ0v) is 5.70. The third kappa shape index (κ3) is 10.8. The topological polar surface area (TPSA) is 74.6 Å². The van der Waals surface area contributed by atoms with Crippen molar-refractivity contribution >= 4 is 10.1 Å². The molecule has 0 heterocycles. The summed E-state index contributed by atoms with van der Waals surface area (Å²) in [6, 6.07) is 0. The first-order chi connectivity index (χ1) is 2.56. The van der Waals surface area contributed by atoms with E-state index < -0.39 is 16.1 Å². The molecule has 0 aliphatic rings. The third-order valence-corrected chi connectivity index (χ3v) is 0.489. The predicted octanol–water partition coefficient (Wildman–Crippen LogP) is -1.18. The van der Waals surface area contributed by atoms with Gasteiger partial charge in [-0.05, 0) is 0 Å². The molecule has 0 amide bonds. The Hall–Kier alpha value is 0.584. The van der Waals surface area contributed by atoms with Gasteiger partial charge in [0.2, 0.25) is 0 Å². The monoisotopic (exact) mass is 160 g/mol. The molecule has 0 rings (SSSR count). The summed E-state index contributed by atoms with van der Waals surface area (Å²) >= 11 is 0. The van der Waals surface area contributed by atoms with Gasteiger partial charge in [-0.3, -0.25) is 4.55 Å². The molecule has 0 aliphatic heterocycles. The summed E-state index contributed by atoms with van der Waals surface area (Å²) in [5.74, 6) is -1.20. The summed E-state index contributed by atoms with van der Waals surface area (Å²) in [4.78, 5) is 0. The van der Waals surface area contributed by atoms with E-state index in [2.05, 4.69) is 0 Å². The Bertz CT molecular complexity index is 114. The van der Waals surface area contributed by atoms with Crippen LogP contribution in [0, 0.1) is 0 Å². The molecule has 42 valence electrons. The minimum atomic E-state index is -4.11. The average Bonchev–Trinajstić information content (AvgIpc) is 1.35. The largest absolute Gasteiger partial charge is 0.378 e. The fourth-order valence-electron chi connectivity index (χ4n) is 0. The molecule has 0 saturated carbocycles. The van der Waals surface area contributed by atoms with Crippen LogP contribution in [0.2, 0.25) is 0 Å². The molecule has 0 unspecified atom stereocenters. The van der Waals surface area contributed by atoms with Crippen molar-refractivity contribution in [3.63, 3.8) is 0 Å². The molecule has 0 atom stereocenters. The molecule has 0 aromatic heterocycles. The maximum Gasteiger partial charge on any atom is 0.289 e. The van der Waals surface area contributed by atoms with Gasteiger partial charge in [0.25, 0.3) is 10.1 Å². The fraction of sp³-hybridized carbons (Fsp3) is 1.00. The van der Waals surface area contributed by atoms with Crippen LogP contribution in [-0.4, -0.2) is 24.0 Å². The SMILES string of the molecule is O=S(=O)(O)CO.[Ti]. The van der Waals surface area contributed by atoms with Gasteiger partial charge in [-0.25, -0.2) is 0 Å². The summed E-state index contributed by atoms with van der Waals surface area (Å²) in [6.07, 6.45) is 0. The number of hydrogen-bond acceptors (Lipinski definition) is 3. The Balaban J connectivity index is 0. The van der Waals surface area contributed by atoms with Crippen molar-refractivity contribution in [1.82, 2.24) is 0 Å². The summed E-state index contributed by atoms with van der Waals surface area (Å²) in [6.45, 7) is 0. The third-order valence-electron chi connectivity index (χ3n) is 0.163. The van der Waals surface area contributed by atoms with E-state index in [0.29, 0.717) is 0 Å². The Morgan fingerprint density at radius 1 is 1.43 bits per heavy atom. The van der Waals surface area contributed by atoms with E-state index in [9.17, 15) is 8.42 Å². The van der Waals surface area contributed by atoms with Gasteiger partial charge in [-0.1, -0.05) is 0 Å². The first-order valence-electron chi connectivity index (χ1n) is 1.12. The zero-order chi connectivity index (χ0) is 5.21. The zero-order valence-electron chi connectivity index (χ0n) is 3.33. The van der Waals surface area contributed by atoms with Gasteiger partial charge in [0, 0.05) is 21.7 Å². The standard InChI is InChI=1S/CH4O4S.Ti/c2-1-6(3,4)5;/h2H,1H2,(H,3,4,5);. The summed E-state index contributed by atoms with van der Waals surface area (Å²) in [7, 11) is -4.11. The van der Waals surface area contributed by atoms with Gasteiger partial charge in [0.15, 0.2) is 5.94 Å². The van der Waals surface area contributed by atoms with Gasteiger partial charge in [-0.15, -0.1) is 0 Å². The Labute approximate surface area is 56.2 Å². The van der Waals surface area contributed by atoms with Gasteiger partial charge >= 0.3 is 0 Å². The Morgan fingerprint density at radius 2 is 1.57 bits per heavy atom. The van der Waals surface area contributed by atoms with Crippen LogP contribution < -0.4 is 0 Å². The van der Waals surface area contributed by atoms with Gasteiger partial charge < -0.3 is 5.11 Å². The molecule has 0 bridgehead atoms. The van der Waals surface area contributed by atoms with Crippen LogP contribution in [0.15, 0.2) is 0 Å². The first-order valence-corrected chi connectivity index (χ1v) is 2.73. The number of rotatable bonds is 1. The Kier molecular flexibility index (Phi) is 5.38. The molecular weight excluding hydrogens is 156 g/mol. The number of aliphatic hydroxyl groups is 1. The second-order valence-electron chi connectivity index (χ2n) is 0.711. The molecule has 0 aromatic carbocycles. The van der Waals surface area contributed by atoms with Crippen molar-refractivity contribution in [3.05, 3.63) is 0 Å². The minimum absolute atomic E-state index is 0. The van der Waals surface area contributed by atoms with Crippen molar-refractivity contribution in [2.75, 3.05) is 5.94 Å². The van der Waals surface area contributed by atoms with Crippen molar-refractivity contribution in [1.29, 1.82) is 0 Å². The summed E-state index contributed by atoms with van der Waals surface area (Å²) < 4.78 is 26.2. The van der Waals surface area contributed by atoms with Gasteiger partial charge in [0.05, 0.1) is 0 Å². The molecular formula is CH4O4STi. The van der Waals surface area contributed by atoms with Crippen LogP contribution in [-0.2, 0) is 31.8 Å². The number of hydrogen-bond donors (Lipinski definition) is 2. The second-order valence-corrected chi connectivity index (χ2v) is 2.13. The second kappa shape index (κ2) is 3.57. The summed E-state index contributed by atoms with van der Waals surface area (Å²) in [5.41, 5.74) is 0. The average molecular weight is 160 g/mol. The number of aliphatic hydroxyl groups excluding tert-OH is 1. The molecule has 7 heavy (non-hydrogen) atoms. The molecule has 0 aromatic rings. The molecule has 0 saturated heterocycles. The molecule has 0 spiro atoms. The van der Waals surface area contributed by atoms with Crippen molar-refractivity contribution < 1.29 is 39.8 Å². The fourth-order valence-corrected chi connectivity index (χ4v) is 0. The van der Waals surface area contributed by atoms with Crippen LogP contribution in [0.4, 0.5) is 0 Å². The van der Waals surface area contributed by atoms with Crippen LogP contribution in [0.1, 0.15) is 0 Å². The van der Waals surface area contributed by atoms with Gasteiger partial charge in [0.1, 0.15) is 0 Å². The molecule has 6 heteroatoms. The molecule has 2 N–H and O–H groups in total. The van der Waals surface area contributed by atoms with E-state index in [1.54, 1.807) is 0 Å². The van der Waals surface area contributed by atoms with Crippen molar-refractivity contribution in [2.45, 2.75) is 0 Å². The van der Waals surface area contributed by atoms with E-state index in [-0.39, 0.29) is 21.7 Å². The molecule has 4 nitrogen and oxygen atoms in total. The van der Waals surface area contributed by atoms with Crippen LogP contribution in [0.5, 0.6) is 0 Å². The molecule has 0 aliphatic carbocycles. The summed E-state index contributed by atoms with van der Waals surface area (Å²) in [5, 5.41) is 7.56. The van der Waals surface area contributed by atoms with E-state index in [4.69, 9.17) is 9.66 Å². The molecule has 0 radical (unpaired) electrons. The van der Waals surface area contributed by atoms with Crippen LogP contribution >= 0.6 is 0 Å². The van der Waals surface area contributed by atoms with Crippen LogP contribution in [0.25, 0.3) is 0 Å². The normalized spacial score (nSPS) is 10.0. The maximum atomic E-state index is 9.31. The van der Waals surface area contributed by atoms with Crippen LogP contribution in [0.3, 0.4) is 0 Å². The smallest absolute Gasteiger partial charge is 0.289 e. The van der Waals surface area contributed by atoms with Crippen molar-refractivity contribution in [3.8, 4) is 0 Å². The van der Waals surface area contributed by atoms with Crippen molar-refractivity contribution in [2.24, 2.45) is 0 Å². The Morgan fingerprint density at radius 3 is 1.57 bits per heavy atom. The quantitative estimate of drug-likeness (QED) is 0.374. The van der Waals surface area contributed by atoms with E-state index in [0.717, 1.165) is 0 Å².